The molecule has 6 heteroatoms. The average Bonchev–Trinajstić information content (AvgIpc) is 2.84. The van der Waals surface area contributed by atoms with Crippen LogP contribution in [0.5, 0.6) is 17.2 Å². The van der Waals surface area contributed by atoms with Gasteiger partial charge in [0.15, 0.2) is 0 Å². The van der Waals surface area contributed by atoms with E-state index in [1.54, 1.807) is 30.3 Å². The Morgan fingerprint density at radius 3 is 2.62 bits per heavy atom. The lowest BCUT2D eigenvalue weighted by atomic mass is 9.83. The number of nitriles is 1. The molecule has 0 fully saturated rings. The van der Waals surface area contributed by atoms with Crippen molar-refractivity contribution in [2.24, 2.45) is 5.73 Å². The van der Waals surface area contributed by atoms with Gasteiger partial charge in [-0.15, -0.1) is 0 Å². The molecular weight excluding hydrogens is 428 g/mol. The summed E-state index contributed by atoms with van der Waals surface area (Å²) in [6.45, 7) is 4.54. The van der Waals surface area contributed by atoms with Crippen molar-refractivity contribution >= 4 is 5.97 Å². The molecule has 1 aliphatic heterocycles. The molecule has 1 heterocycles. The van der Waals surface area contributed by atoms with Gasteiger partial charge >= 0.3 is 5.97 Å². The second-order valence-electron chi connectivity index (χ2n) is 8.07. The number of hydrogen-bond donors (Lipinski definition) is 1. The Hall–Kier alpha value is -4.24. The fourth-order valence-electron chi connectivity index (χ4n) is 3.96. The predicted molar refractivity (Wildman–Crippen MR) is 129 cm³/mol. The molecule has 6 nitrogen and oxygen atoms in total. The molecule has 1 atom stereocenters. The van der Waals surface area contributed by atoms with Crippen molar-refractivity contribution in [3.8, 4) is 23.3 Å². The van der Waals surface area contributed by atoms with Crippen LogP contribution >= 0.6 is 0 Å². The van der Waals surface area contributed by atoms with E-state index < -0.39 is 11.9 Å². The van der Waals surface area contributed by atoms with Crippen molar-refractivity contribution in [2.45, 2.75) is 32.6 Å². The lowest BCUT2D eigenvalue weighted by Crippen LogP contribution is -2.21. The van der Waals surface area contributed by atoms with Gasteiger partial charge in [0.2, 0.25) is 5.88 Å². The van der Waals surface area contributed by atoms with Crippen molar-refractivity contribution in [3.63, 3.8) is 0 Å². The number of para-hydroxylation sites is 1. The minimum Gasteiger partial charge on any atom is -0.493 e. The maximum absolute atomic E-state index is 12.7. The Bertz CT molecular complexity index is 1290. The minimum absolute atomic E-state index is 0.0192. The quantitative estimate of drug-likeness (QED) is 0.283. The van der Waals surface area contributed by atoms with Gasteiger partial charge in [0, 0.05) is 17.2 Å². The van der Waals surface area contributed by atoms with Gasteiger partial charge in [-0.3, -0.25) is 0 Å². The standard InChI is InChI=1S/C28H26N2O4/c1-3-4-15-32-24-12-8-7-11-21(24)26-22-14-13-19(16-25(22)34-27(30)23(26)17-29)33-28(31)20-10-6-5-9-18(20)2/h5-14,16,26H,3-4,15,30H2,1-2H3. The molecule has 0 aliphatic carbocycles. The molecule has 1 aliphatic rings. The summed E-state index contributed by atoms with van der Waals surface area (Å²) in [6, 6.07) is 22.2. The highest BCUT2D eigenvalue weighted by atomic mass is 16.5. The van der Waals surface area contributed by atoms with Gasteiger partial charge in [-0.05, 0) is 37.1 Å². The number of ether oxygens (including phenoxy) is 3. The number of hydrogen-bond acceptors (Lipinski definition) is 6. The molecule has 0 amide bonds. The van der Waals surface area contributed by atoms with Crippen molar-refractivity contribution in [1.29, 1.82) is 5.26 Å². The van der Waals surface area contributed by atoms with Gasteiger partial charge in [-0.2, -0.15) is 5.26 Å². The van der Waals surface area contributed by atoms with Crippen LogP contribution in [0.3, 0.4) is 0 Å². The Morgan fingerprint density at radius 2 is 1.85 bits per heavy atom. The van der Waals surface area contributed by atoms with E-state index in [0.717, 1.165) is 29.5 Å². The van der Waals surface area contributed by atoms with Crippen LogP contribution in [-0.4, -0.2) is 12.6 Å². The largest absolute Gasteiger partial charge is 0.493 e. The van der Waals surface area contributed by atoms with Gasteiger partial charge < -0.3 is 19.9 Å². The molecule has 3 aromatic rings. The molecule has 0 aromatic heterocycles. The highest BCUT2D eigenvalue weighted by Gasteiger charge is 2.33. The second kappa shape index (κ2) is 10.1. The van der Waals surface area contributed by atoms with E-state index in [1.165, 1.54) is 0 Å². The predicted octanol–water partition coefficient (Wildman–Crippen LogP) is 5.61. The Kier molecular flexibility index (Phi) is 6.84. The molecule has 0 bridgehead atoms. The number of nitrogens with two attached hydrogens (primary N) is 1. The van der Waals surface area contributed by atoms with Crippen LogP contribution in [-0.2, 0) is 0 Å². The summed E-state index contributed by atoms with van der Waals surface area (Å²) in [6.07, 6.45) is 1.94. The maximum Gasteiger partial charge on any atom is 0.343 e. The summed E-state index contributed by atoms with van der Waals surface area (Å²) >= 11 is 0. The number of carbonyl (C=O) groups is 1. The zero-order chi connectivity index (χ0) is 24.1. The Balaban J connectivity index is 1.70. The van der Waals surface area contributed by atoms with Gasteiger partial charge in [0.25, 0.3) is 0 Å². The first kappa shape index (κ1) is 22.9. The lowest BCUT2D eigenvalue weighted by molar-refractivity contribution is 0.0733. The summed E-state index contributed by atoms with van der Waals surface area (Å²) in [5.74, 6) is 0.551. The van der Waals surface area contributed by atoms with E-state index in [1.807, 2.05) is 43.3 Å². The number of nitrogens with zero attached hydrogens (tertiary/aromatic N) is 1. The molecule has 0 saturated heterocycles. The zero-order valence-corrected chi connectivity index (χ0v) is 19.2. The highest BCUT2D eigenvalue weighted by molar-refractivity contribution is 5.92. The first-order valence-electron chi connectivity index (χ1n) is 11.2. The lowest BCUT2D eigenvalue weighted by Gasteiger charge is -2.28. The van der Waals surface area contributed by atoms with E-state index >= 15 is 0 Å². The molecule has 172 valence electrons. The average molecular weight is 455 g/mol. The Labute approximate surface area is 199 Å². The topological polar surface area (TPSA) is 94.6 Å². The molecular formula is C28H26N2O4. The number of carbonyl (C=O) groups excluding carboxylic acids is 1. The number of fused-ring (bicyclic) bond motifs is 1. The zero-order valence-electron chi connectivity index (χ0n) is 19.2. The van der Waals surface area contributed by atoms with Crippen molar-refractivity contribution in [1.82, 2.24) is 0 Å². The third-order valence-corrected chi connectivity index (χ3v) is 5.75. The van der Waals surface area contributed by atoms with Crippen LogP contribution in [0, 0.1) is 18.3 Å². The third kappa shape index (κ3) is 4.60. The monoisotopic (exact) mass is 454 g/mol. The molecule has 4 rings (SSSR count). The number of aryl methyl sites for hydroxylation is 1. The molecule has 0 saturated carbocycles. The van der Waals surface area contributed by atoms with E-state index in [-0.39, 0.29) is 5.88 Å². The summed E-state index contributed by atoms with van der Waals surface area (Å²) in [5, 5.41) is 9.87. The van der Waals surface area contributed by atoms with Crippen LogP contribution in [0.15, 0.2) is 78.2 Å². The van der Waals surface area contributed by atoms with Crippen molar-refractivity contribution < 1.29 is 19.0 Å². The first-order chi connectivity index (χ1) is 16.5. The molecule has 0 spiro atoms. The summed E-state index contributed by atoms with van der Waals surface area (Å²) in [7, 11) is 0. The number of esters is 1. The number of benzene rings is 3. The maximum atomic E-state index is 12.7. The molecule has 2 N–H and O–H groups in total. The minimum atomic E-state index is -0.465. The second-order valence-corrected chi connectivity index (χ2v) is 8.07. The summed E-state index contributed by atoms with van der Waals surface area (Å²) in [5.41, 5.74) is 9.35. The van der Waals surface area contributed by atoms with Crippen LogP contribution < -0.4 is 19.9 Å². The third-order valence-electron chi connectivity index (χ3n) is 5.75. The summed E-state index contributed by atoms with van der Waals surface area (Å²) in [4.78, 5) is 12.7. The fourth-order valence-corrected chi connectivity index (χ4v) is 3.96. The smallest absolute Gasteiger partial charge is 0.343 e. The first-order valence-corrected chi connectivity index (χ1v) is 11.2. The van der Waals surface area contributed by atoms with Gasteiger partial charge in [0.05, 0.1) is 18.1 Å². The normalized spacial score (nSPS) is 14.6. The van der Waals surface area contributed by atoms with E-state index in [2.05, 4.69) is 13.0 Å². The molecule has 0 radical (unpaired) electrons. The molecule has 34 heavy (non-hydrogen) atoms. The number of unbranched alkanes of at least 4 members (excludes halogenated alkanes) is 1. The molecule has 3 aromatic carbocycles. The number of allylic oxidation sites excluding steroid dienone is 1. The SMILES string of the molecule is CCCCOc1ccccc1C1C(C#N)=C(N)Oc2cc(OC(=O)c3ccccc3C)ccc21. The summed E-state index contributed by atoms with van der Waals surface area (Å²) < 4.78 is 17.4. The van der Waals surface area contributed by atoms with Crippen LogP contribution in [0.25, 0.3) is 0 Å². The van der Waals surface area contributed by atoms with Crippen molar-refractivity contribution in [2.75, 3.05) is 6.61 Å². The highest BCUT2D eigenvalue weighted by Crippen LogP contribution is 2.46. The van der Waals surface area contributed by atoms with E-state index in [9.17, 15) is 10.1 Å². The van der Waals surface area contributed by atoms with Gasteiger partial charge in [-0.1, -0.05) is 55.8 Å². The molecule has 1 unspecified atom stereocenters. The van der Waals surface area contributed by atoms with Crippen molar-refractivity contribution in [3.05, 3.63) is 100 Å². The Morgan fingerprint density at radius 1 is 1.09 bits per heavy atom. The van der Waals surface area contributed by atoms with E-state index in [4.69, 9.17) is 19.9 Å². The van der Waals surface area contributed by atoms with Crippen LogP contribution in [0.4, 0.5) is 0 Å². The fraction of sp³-hybridized carbons (Fsp3) is 0.214. The number of rotatable bonds is 7. The van der Waals surface area contributed by atoms with Crippen LogP contribution in [0.2, 0.25) is 0 Å². The van der Waals surface area contributed by atoms with Gasteiger partial charge in [-0.25, -0.2) is 4.79 Å². The van der Waals surface area contributed by atoms with E-state index in [0.29, 0.717) is 35.0 Å². The van der Waals surface area contributed by atoms with Crippen LogP contribution in [0.1, 0.15) is 52.7 Å². The van der Waals surface area contributed by atoms with Gasteiger partial charge in [0.1, 0.15) is 28.9 Å².